The molecule has 0 atom stereocenters. The zero-order chi connectivity index (χ0) is 7.78. The summed E-state index contributed by atoms with van der Waals surface area (Å²) in [5.41, 5.74) is 0. The van der Waals surface area contributed by atoms with Crippen molar-refractivity contribution >= 4 is 39.9 Å². The second kappa shape index (κ2) is 2.88. The zero-order valence-electron chi connectivity index (χ0n) is 5.89. The first-order chi connectivity index (χ1) is 4.50. The fraction of sp³-hybridized carbons (Fsp3) is 0.429. The molecule has 0 spiro atoms. The maximum atomic E-state index is 4.45. The summed E-state index contributed by atoms with van der Waals surface area (Å²) >= 11 is 9.59. The van der Waals surface area contributed by atoms with Crippen molar-refractivity contribution in [2.45, 2.75) is 18.6 Å². The first kappa shape index (κ1) is 8.62. The summed E-state index contributed by atoms with van der Waals surface area (Å²) in [5.74, 6) is 0. The van der Waals surface area contributed by atoms with Gasteiger partial charge in [-0.15, -0.1) is 11.3 Å². The molecule has 0 aliphatic rings. The fourth-order valence-electron chi connectivity index (χ4n) is 0.643. The third kappa shape index (κ3) is 2.01. The van der Waals surface area contributed by atoms with E-state index in [0.717, 1.165) is 0 Å². The van der Waals surface area contributed by atoms with E-state index < -0.39 is 0 Å². The Hall–Kier alpha value is 0.530. The minimum Gasteiger partial charge on any atom is -0.167 e. The van der Waals surface area contributed by atoms with Crippen molar-refractivity contribution in [1.29, 1.82) is 0 Å². The Labute approximate surface area is 79.2 Å². The van der Waals surface area contributed by atoms with Crippen LogP contribution in [0.3, 0.4) is 0 Å². The Kier molecular flexibility index (Phi) is 2.48. The second-order valence-electron chi connectivity index (χ2n) is 2.66. The highest BCUT2D eigenvalue weighted by Crippen LogP contribution is 2.34. The molecule has 0 saturated carbocycles. The summed E-state index contributed by atoms with van der Waals surface area (Å²) in [7, 11) is 0. The first-order valence-electron chi connectivity index (χ1n) is 2.98. The van der Waals surface area contributed by atoms with Gasteiger partial charge in [0.2, 0.25) is 0 Å². The number of hydrogen-bond donors (Lipinski definition) is 1. The van der Waals surface area contributed by atoms with Gasteiger partial charge in [0.05, 0.1) is 3.79 Å². The van der Waals surface area contributed by atoms with Crippen LogP contribution in [0.15, 0.2) is 15.9 Å². The van der Waals surface area contributed by atoms with Gasteiger partial charge in [-0.1, -0.05) is 0 Å². The SMILES string of the molecule is CC(C)(S)c1ccc(Br)s1. The van der Waals surface area contributed by atoms with Gasteiger partial charge in [0.25, 0.3) is 0 Å². The van der Waals surface area contributed by atoms with Crippen molar-refractivity contribution in [2.24, 2.45) is 0 Å². The molecule has 0 N–H and O–H groups in total. The van der Waals surface area contributed by atoms with Crippen LogP contribution in [-0.4, -0.2) is 0 Å². The summed E-state index contributed by atoms with van der Waals surface area (Å²) in [6.45, 7) is 4.18. The molecule has 0 nitrogen and oxygen atoms in total. The molecule has 0 aliphatic heterocycles. The van der Waals surface area contributed by atoms with Crippen LogP contribution in [0.25, 0.3) is 0 Å². The molecular weight excluding hydrogens is 228 g/mol. The molecule has 1 heterocycles. The molecule has 56 valence electrons. The first-order valence-corrected chi connectivity index (χ1v) is 5.04. The highest BCUT2D eigenvalue weighted by atomic mass is 79.9. The van der Waals surface area contributed by atoms with Crippen molar-refractivity contribution in [3.63, 3.8) is 0 Å². The normalized spacial score (nSPS) is 12.0. The van der Waals surface area contributed by atoms with Gasteiger partial charge in [0.15, 0.2) is 0 Å². The van der Waals surface area contributed by atoms with Gasteiger partial charge in [0.1, 0.15) is 0 Å². The molecule has 0 amide bonds. The predicted octanol–water partition coefficient (Wildman–Crippen LogP) is 3.68. The third-order valence-corrected chi connectivity index (χ3v) is 3.52. The maximum absolute atomic E-state index is 4.45. The van der Waals surface area contributed by atoms with Crippen LogP contribution < -0.4 is 0 Å². The minimum atomic E-state index is -0.00329. The lowest BCUT2D eigenvalue weighted by atomic mass is 10.2. The van der Waals surface area contributed by atoms with Crippen LogP contribution in [0.4, 0.5) is 0 Å². The molecule has 3 heteroatoms. The van der Waals surface area contributed by atoms with Gasteiger partial charge in [-0.05, 0) is 41.9 Å². The van der Waals surface area contributed by atoms with Gasteiger partial charge in [0, 0.05) is 9.62 Å². The van der Waals surface area contributed by atoms with E-state index in [4.69, 9.17) is 0 Å². The molecule has 10 heavy (non-hydrogen) atoms. The van der Waals surface area contributed by atoms with Gasteiger partial charge < -0.3 is 0 Å². The summed E-state index contributed by atoms with van der Waals surface area (Å²) in [6.07, 6.45) is 0. The molecule has 0 radical (unpaired) electrons. The van der Waals surface area contributed by atoms with Crippen molar-refractivity contribution < 1.29 is 0 Å². The summed E-state index contributed by atoms with van der Waals surface area (Å²) in [5, 5.41) is 0. The molecule has 0 saturated heterocycles. The summed E-state index contributed by atoms with van der Waals surface area (Å²) in [4.78, 5) is 1.29. The third-order valence-electron chi connectivity index (χ3n) is 1.18. The van der Waals surface area contributed by atoms with Crippen molar-refractivity contribution in [3.05, 3.63) is 20.8 Å². The smallest absolute Gasteiger partial charge is 0.0701 e. The van der Waals surface area contributed by atoms with E-state index in [1.165, 1.54) is 8.66 Å². The Bertz CT molecular complexity index is 222. The Morgan fingerprint density at radius 1 is 1.50 bits per heavy atom. The maximum Gasteiger partial charge on any atom is 0.0701 e. The zero-order valence-corrected chi connectivity index (χ0v) is 9.19. The number of thiol groups is 1. The van der Waals surface area contributed by atoms with Crippen molar-refractivity contribution in [1.82, 2.24) is 0 Å². The van der Waals surface area contributed by atoms with Gasteiger partial charge in [-0.3, -0.25) is 0 Å². The van der Waals surface area contributed by atoms with Crippen LogP contribution in [0.2, 0.25) is 0 Å². The minimum absolute atomic E-state index is 0.00329. The Morgan fingerprint density at radius 3 is 2.30 bits per heavy atom. The average Bonchev–Trinajstić information content (AvgIpc) is 2.11. The van der Waals surface area contributed by atoms with Crippen LogP contribution in [0.5, 0.6) is 0 Å². The largest absolute Gasteiger partial charge is 0.167 e. The summed E-state index contributed by atoms with van der Waals surface area (Å²) in [6, 6.07) is 4.15. The highest BCUT2D eigenvalue weighted by molar-refractivity contribution is 9.11. The molecular formula is C7H9BrS2. The van der Waals surface area contributed by atoms with Gasteiger partial charge in [-0.2, -0.15) is 12.6 Å². The standard InChI is InChI=1S/C7H9BrS2/c1-7(2,9)5-3-4-6(8)10-5/h3-4,9H,1-2H3. The Morgan fingerprint density at radius 2 is 2.10 bits per heavy atom. The van der Waals surface area contributed by atoms with E-state index >= 15 is 0 Å². The fourth-order valence-corrected chi connectivity index (χ4v) is 2.24. The van der Waals surface area contributed by atoms with Crippen LogP contribution >= 0.6 is 39.9 Å². The van der Waals surface area contributed by atoms with Crippen LogP contribution in [0, 0.1) is 0 Å². The molecule has 0 aromatic carbocycles. The molecule has 0 unspecified atom stereocenters. The molecule has 0 bridgehead atoms. The van der Waals surface area contributed by atoms with Crippen molar-refractivity contribution in [2.75, 3.05) is 0 Å². The van der Waals surface area contributed by atoms with Crippen molar-refractivity contribution in [3.8, 4) is 0 Å². The molecule has 0 aliphatic carbocycles. The highest BCUT2D eigenvalue weighted by Gasteiger charge is 2.16. The number of rotatable bonds is 1. The van der Waals surface area contributed by atoms with E-state index in [0.29, 0.717) is 0 Å². The molecule has 1 aromatic heterocycles. The van der Waals surface area contributed by atoms with Gasteiger partial charge >= 0.3 is 0 Å². The number of thiophene rings is 1. The lowest BCUT2D eigenvalue weighted by Crippen LogP contribution is -2.03. The Balaban J connectivity index is 2.96. The molecule has 1 aromatic rings. The number of halogens is 1. The average molecular weight is 237 g/mol. The second-order valence-corrected chi connectivity index (χ2v) is 6.24. The van der Waals surface area contributed by atoms with E-state index in [2.05, 4.69) is 54.5 Å². The quantitative estimate of drug-likeness (QED) is 0.708. The molecule has 1 rings (SSSR count). The van der Waals surface area contributed by atoms with Crippen LogP contribution in [0.1, 0.15) is 18.7 Å². The van der Waals surface area contributed by atoms with E-state index in [1.807, 2.05) is 0 Å². The predicted molar refractivity (Wildman–Crippen MR) is 54.0 cm³/mol. The topological polar surface area (TPSA) is 0 Å². The lowest BCUT2D eigenvalue weighted by Gasteiger charge is -2.13. The summed E-state index contributed by atoms with van der Waals surface area (Å²) < 4.78 is 1.17. The number of hydrogen-bond acceptors (Lipinski definition) is 2. The van der Waals surface area contributed by atoms with E-state index in [-0.39, 0.29) is 4.75 Å². The monoisotopic (exact) mass is 236 g/mol. The van der Waals surface area contributed by atoms with Crippen LogP contribution in [-0.2, 0) is 4.75 Å². The molecule has 0 fully saturated rings. The lowest BCUT2D eigenvalue weighted by molar-refractivity contribution is 0.812. The van der Waals surface area contributed by atoms with E-state index in [1.54, 1.807) is 11.3 Å². The van der Waals surface area contributed by atoms with Gasteiger partial charge in [-0.25, -0.2) is 0 Å². The van der Waals surface area contributed by atoms with E-state index in [9.17, 15) is 0 Å².